The van der Waals surface area contributed by atoms with Crippen molar-refractivity contribution in [2.45, 2.75) is 5.03 Å². The van der Waals surface area contributed by atoms with Gasteiger partial charge in [0, 0.05) is 17.5 Å². The quantitative estimate of drug-likeness (QED) is 0.765. The lowest BCUT2D eigenvalue weighted by Crippen LogP contribution is -1.91. The number of hydrogen-bond acceptors (Lipinski definition) is 4. The van der Waals surface area contributed by atoms with E-state index in [0.717, 1.165) is 27.4 Å². The second-order valence-electron chi connectivity index (χ2n) is 3.25. The second-order valence-corrected chi connectivity index (χ2v) is 4.08. The molecule has 0 saturated heterocycles. The molecule has 0 atom stereocenters. The van der Waals surface area contributed by atoms with Gasteiger partial charge in [0.1, 0.15) is 11.5 Å². The molecule has 1 heterocycles. The number of rotatable bonds is 3. The van der Waals surface area contributed by atoms with Gasteiger partial charge in [-0.1, -0.05) is 0 Å². The molecule has 0 amide bonds. The highest BCUT2D eigenvalue weighted by Gasteiger charge is 2.06. The molecule has 0 aliphatic heterocycles. The van der Waals surface area contributed by atoms with Crippen LogP contribution in [0, 0.1) is 0 Å². The normalized spacial score (nSPS) is 10.4. The molecule has 0 spiro atoms. The first-order valence-corrected chi connectivity index (χ1v) is 6.07. The van der Waals surface area contributed by atoms with Crippen LogP contribution in [-0.2, 0) is 0 Å². The molecule has 16 heavy (non-hydrogen) atoms. The van der Waals surface area contributed by atoms with Crippen LogP contribution < -0.4 is 9.47 Å². The maximum Gasteiger partial charge on any atom is 0.131 e. The van der Waals surface area contributed by atoms with Crippen molar-refractivity contribution in [2.75, 3.05) is 20.5 Å². The number of nitrogens with zero attached hydrogens (tertiary/aromatic N) is 1. The predicted octanol–water partition coefficient (Wildman–Crippen LogP) is 2.97. The van der Waals surface area contributed by atoms with Crippen molar-refractivity contribution in [1.29, 1.82) is 0 Å². The molecule has 0 unspecified atom stereocenters. The Hall–Kier alpha value is -1.42. The summed E-state index contributed by atoms with van der Waals surface area (Å²) in [7, 11) is 3.29. The van der Waals surface area contributed by atoms with E-state index in [1.54, 1.807) is 26.0 Å². The van der Waals surface area contributed by atoms with E-state index >= 15 is 0 Å². The van der Waals surface area contributed by atoms with Crippen molar-refractivity contribution < 1.29 is 9.47 Å². The summed E-state index contributed by atoms with van der Waals surface area (Å²) in [5.74, 6) is 1.55. The Morgan fingerprint density at radius 1 is 1.12 bits per heavy atom. The molecule has 0 bridgehead atoms. The Bertz CT molecular complexity index is 508. The predicted molar refractivity (Wildman–Crippen MR) is 66.6 cm³/mol. The van der Waals surface area contributed by atoms with Gasteiger partial charge in [-0.15, -0.1) is 11.8 Å². The highest BCUT2D eigenvalue weighted by atomic mass is 32.2. The first-order chi connectivity index (χ1) is 7.78. The average molecular weight is 235 g/mol. The fraction of sp³-hybridized carbons (Fsp3) is 0.250. The van der Waals surface area contributed by atoms with Gasteiger partial charge >= 0.3 is 0 Å². The third kappa shape index (κ3) is 1.93. The van der Waals surface area contributed by atoms with Crippen LogP contribution in [0.15, 0.2) is 29.3 Å². The molecule has 1 aromatic heterocycles. The van der Waals surface area contributed by atoms with Gasteiger partial charge in [0.2, 0.25) is 0 Å². The topological polar surface area (TPSA) is 31.4 Å². The summed E-state index contributed by atoms with van der Waals surface area (Å²) in [6, 6.07) is 7.79. The Morgan fingerprint density at radius 2 is 1.94 bits per heavy atom. The van der Waals surface area contributed by atoms with Gasteiger partial charge in [-0.05, 0) is 18.4 Å². The van der Waals surface area contributed by atoms with Gasteiger partial charge in [-0.3, -0.25) is 0 Å². The highest BCUT2D eigenvalue weighted by molar-refractivity contribution is 7.98. The summed E-state index contributed by atoms with van der Waals surface area (Å²) in [4.78, 5) is 4.51. The number of hydrogen-bond donors (Lipinski definition) is 0. The first kappa shape index (κ1) is 11.1. The summed E-state index contributed by atoms with van der Waals surface area (Å²) in [6.07, 6.45) is 2.01. The van der Waals surface area contributed by atoms with Crippen molar-refractivity contribution in [3.05, 3.63) is 24.3 Å². The molecule has 0 radical (unpaired) electrons. The molecule has 0 aliphatic rings. The summed E-state index contributed by atoms with van der Waals surface area (Å²) >= 11 is 1.62. The lowest BCUT2D eigenvalue weighted by Gasteiger charge is -2.08. The van der Waals surface area contributed by atoms with Crippen molar-refractivity contribution in [3.8, 4) is 11.5 Å². The van der Waals surface area contributed by atoms with Crippen LogP contribution in [-0.4, -0.2) is 25.5 Å². The Labute approximate surface area is 98.8 Å². The van der Waals surface area contributed by atoms with E-state index in [1.807, 2.05) is 30.5 Å². The minimum absolute atomic E-state index is 0.759. The van der Waals surface area contributed by atoms with Crippen LogP contribution in [0.1, 0.15) is 0 Å². The van der Waals surface area contributed by atoms with E-state index in [1.165, 1.54) is 0 Å². The number of pyridine rings is 1. The van der Waals surface area contributed by atoms with Gasteiger partial charge < -0.3 is 9.47 Å². The minimum Gasteiger partial charge on any atom is -0.497 e. The van der Waals surface area contributed by atoms with E-state index in [2.05, 4.69) is 4.98 Å². The van der Waals surface area contributed by atoms with Gasteiger partial charge in [0.15, 0.2) is 0 Å². The standard InChI is InChI=1S/C12H13NO2S/c1-14-8-6-10-9(11(7-8)15-2)4-5-12(13-10)16-3/h4-7H,1-3H3. The van der Waals surface area contributed by atoms with Crippen LogP contribution in [0.25, 0.3) is 10.9 Å². The van der Waals surface area contributed by atoms with Gasteiger partial charge in [0.25, 0.3) is 0 Å². The summed E-state index contributed by atoms with van der Waals surface area (Å²) in [6.45, 7) is 0. The molecule has 0 saturated carbocycles. The molecule has 4 heteroatoms. The molecule has 2 aromatic rings. The van der Waals surface area contributed by atoms with Crippen LogP contribution >= 0.6 is 11.8 Å². The summed E-state index contributed by atoms with van der Waals surface area (Å²) < 4.78 is 10.5. The SMILES string of the molecule is COc1cc(OC)c2ccc(SC)nc2c1. The maximum absolute atomic E-state index is 5.32. The van der Waals surface area contributed by atoms with Gasteiger partial charge in [-0.25, -0.2) is 4.98 Å². The molecule has 2 rings (SSSR count). The van der Waals surface area contributed by atoms with Crippen molar-refractivity contribution >= 4 is 22.7 Å². The monoisotopic (exact) mass is 235 g/mol. The zero-order valence-corrected chi connectivity index (χ0v) is 10.3. The number of aromatic nitrogens is 1. The van der Waals surface area contributed by atoms with Crippen LogP contribution in [0.3, 0.4) is 0 Å². The molecular weight excluding hydrogens is 222 g/mol. The number of ether oxygens (including phenoxy) is 2. The maximum atomic E-state index is 5.32. The zero-order valence-electron chi connectivity index (χ0n) is 9.48. The van der Waals surface area contributed by atoms with Crippen molar-refractivity contribution in [2.24, 2.45) is 0 Å². The first-order valence-electron chi connectivity index (χ1n) is 4.85. The molecule has 0 aliphatic carbocycles. The summed E-state index contributed by atoms with van der Waals surface area (Å²) in [5, 5.41) is 1.99. The third-order valence-electron chi connectivity index (χ3n) is 2.38. The molecule has 0 N–H and O–H groups in total. The third-order valence-corrected chi connectivity index (χ3v) is 3.03. The molecule has 3 nitrogen and oxygen atoms in total. The van der Waals surface area contributed by atoms with Crippen LogP contribution in [0.4, 0.5) is 0 Å². The lowest BCUT2D eigenvalue weighted by molar-refractivity contribution is 0.398. The number of benzene rings is 1. The number of methoxy groups -OCH3 is 2. The largest absolute Gasteiger partial charge is 0.497 e. The van der Waals surface area contributed by atoms with Crippen molar-refractivity contribution in [1.82, 2.24) is 4.98 Å². The Kier molecular flexibility index (Phi) is 3.19. The van der Waals surface area contributed by atoms with E-state index in [0.29, 0.717) is 0 Å². The van der Waals surface area contributed by atoms with Gasteiger partial charge in [0.05, 0.1) is 24.8 Å². The fourth-order valence-electron chi connectivity index (χ4n) is 1.56. The molecule has 0 fully saturated rings. The number of thioether (sulfide) groups is 1. The highest BCUT2D eigenvalue weighted by Crippen LogP contribution is 2.31. The zero-order chi connectivity index (χ0) is 11.5. The van der Waals surface area contributed by atoms with Crippen molar-refractivity contribution in [3.63, 3.8) is 0 Å². The van der Waals surface area contributed by atoms with E-state index < -0.39 is 0 Å². The molecule has 84 valence electrons. The Morgan fingerprint density at radius 3 is 2.56 bits per heavy atom. The molecular formula is C12H13NO2S. The van der Waals surface area contributed by atoms with E-state index in [9.17, 15) is 0 Å². The number of fused-ring (bicyclic) bond motifs is 1. The Balaban J connectivity index is 2.68. The van der Waals surface area contributed by atoms with E-state index in [4.69, 9.17) is 9.47 Å². The minimum atomic E-state index is 0.759. The molecule has 1 aromatic carbocycles. The smallest absolute Gasteiger partial charge is 0.131 e. The average Bonchev–Trinajstić information content (AvgIpc) is 2.36. The van der Waals surface area contributed by atoms with Crippen LogP contribution in [0.2, 0.25) is 0 Å². The van der Waals surface area contributed by atoms with Crippen LogP contribution in [0.5, 0.6) is 11.5 Å². The lowest BCUT2D eigenvalue weighted by atomic mass is 10.2. The van der Waals surface area contributed by atoms with E-state index in [-0.39, 0.29) is 0 Å². The second kappa shape index (κ2) is 4.61. The fourth-order valence-corrected chi connectivity index (χ4v) is 1.95. The van der Waals surface area contributed by atoms with Gasteiger partial charge in [-0.2, -0.15) is 0 Å². The summed E-state index contributed by atoms with van der Waals surface area (Å²) in [5.41, 5.74) is 0.892.